The third-order valence-corrected chi connectivity index (χ3v) is 6.47. The molecule has 30 heavy (non-hydrogen) atoms. The zero-order valence-corrected chi connectivity index (χ0v) is 19.0. The number of hydrogen-bond donors (Lipinski definition) is 2. The Morgan fingerprint density at radius 3 is 2.53 bits per heavy atom. The van der Waals surface area contributed by atoms with E-state index in [9.17, 15) is 0 Å². The van der Waals surface area contributed by atoms with Crippen molar-refractivity contribution in [3.8, 4) is 11.5 Å². The second kappa shape index (κ2) is 11.4. The van der Waals surface area contributed by atoms with Crippen LogP contribution in [0.2, 0.25) is 0 Å². The molecule has 0 atom stereocenters. The maximum Gasteiger partial charge on any atom is 0.191 e. The van der Waals surface area contributed by atoms with E-state index in [0.29, 0.717) is 18.1 Å². The largest absolute Gasteiger partial charge is 0.493 e. The molecule has 0 amide bonds. The van der Waals surface area contributed by atoms with Crippen molar-refractivity contribution in [2.75, 3.05) is 33.9 Å². The van der Waals surface area contributed by atoms with Gasteiger partial charge in [-0.15, -0.1) is 0 Å². The lowest BCUT2D eigenvalue weighted by atomic mass is 9.67. The molecule has 6 nitrogen and oxygen atoms in total. The van der Waals surface area contributed by atoms with E-state index < -0.39 is 0 Å². The summed E-state index contributed by atoms with van der Waals surface area (Å²) < 4.78 is 17.0. The number of methoxy groups -OCH3 is 2. The predicted octanol–water partition coefficient (Wildman–Crippen LogP) is 4.28. The number of nitrogens with zero attached hydrogens (tertiary/aromatic N) is 1. The van der Waals surface area contributed by atoms with Gasteiger partial charge in [-0.2, -0.15) is 0 Å². The van der Waals surface area contributed by atoms with Crippen molar-refractivity contribution < 1.29 is 14.2 Å². The van der Waals surface area contributed by atoms with E-state index in [1.54, 1.807) is 14.2 Å². The minimum absolute atomic E-state index is 0.308. The summed E-state index contributed by atoms with van der Waals surface area (Å²) in [6.45, 7) is 5.31. The number of rotatable bonds is 11. The van der Waals surface area contributed by atoms with Crippen LogP contribution in [-0.4, -0.2) is 46.0 Å². The van der Waals surface area contributed by atoms with Crippen molar-refractivity contribution in [3.63, 3.8) is 0 Å². The third-order valence-electron chi connectivity index (χ3n) is 6.47. The van der Waals surface area contributed by atoms with Crippen molar-refractivity contribution in [2.45, 2.75) is 70.9 Å². The molecule has 2 saturated carbocycles. The van der Waals surface area contributed by atoms with Gasteiger partial charge in [-0.1, -0.05) is 12.5 Å². The third kappa shape index (κ3) is 6.27. The summed E-state index contributed by atoms with van der Waals surface area (Å²) in [6, 6.07) is 6.14. The number of aliphatic imine (C=N–C) groups is 1. The first-order valence-corrected chi connectivity index (χ1v) is 11.5. The fourth-order valence-corrected chi connectivity index (χ4v) is 4.39. The molecule has 2 fully saturated rings. The molecule has 0 spiro atoms. The first kappa shape index (κ1) is 22.7. The van der Waals surface area contributed by atoms with Gasteiger partial charge in [0.05, 0.1) is 19.8 Å². The highest BCUT2D eigenvalue weighted by molar-refractivity contribution is 5.79. The lowest BCUT2D eigenvalue weighted by molar-refractivity contribution is 0.0732. The van der Waals surface area contributed by atoms with E-state index >= 15 is 0 Å². The highest BCUT2D eigenvalue weighted by Crippen LogP contribution is 2.43. The van der Waals surface area contributed by atoms with Crippen LogP contribution < -0.4 is 20.1 Å². The Hall–Kier alpha value is -1.95. The fraction of sp³-hybridized carbons (Fsp3) is 0.708. The first-order valence-electron chi connectivity index (χ1n) is 11.5. The Balaban J connectivity index is 1.61. The summed E-state index contributed by atoms with van der Waals surface area (Å²) in [5, 5.41) is 6.94. The van der Waals surface area contributed by atoms with Crippen molar-refractivity contribution >= 4 is 5.96 Å². The zero-order valence-electron chi connectivity index (χ0n) is 19.0. The van der Waals surface area contributed by atoms with E-state index in [1.165, 1.54) is 32.1 Å². The second-order valence-corrected chi connectivity index (χ2v) is 8.65. The quantitative estimate of drug-likeness (QED) is 0.416. The van der Waals surface area contributed by atoms with Gasteiger partial charge in [-0.05, 0) is 75.0 Å². The van der Waals surface area contributed by atoms with Gasteiger partial charge in [0, 0.05) is 26.8 Å². The van der Waals surface area contributed by atoms with Crippen molar-refractivity contribution in [3.05, 3.63) is 23.8 Å². The van der Waals surface area contributed by atoms with Gasteiger partial charge >= 0.3 is 0 Å². The molecule has 1 aromatic carbocycles. The topological polar surface area (TPSA) is 64.1 Å². The highest BCUT2D eigenvalue weighted by Gasteiger charge is 2.36. The van der Waals surface area contributed by atoms with Gasteiger partial charge < -0.3 is 24.8 Å². The number of nitrogens with one attached hydrogen (secondary N) is 2. The Bertz CT molecular complexity index is 682. The summed E-state index contributed by atoms with van der Waals surface area (Å²) >= 11 is 0. The molecule has 2 aliphatic carbocycles. The minimum atomic E-state index is 0.308. The number of benzene rings is 1. The molecule has 1 aromatic rings. The number of ether oxygens (including phenoxy) is 3. The lowest BCUT2D eigenvalue weighted by Crippen LogP contribution is -2.46. The van der Waals surface area contributed by atoms with Gasteiger partial charge in [0.25, 0.3) is 0 Å². The summed E-state index contributed by atoms with van der Waals surface area (Å²) in [6.07, 6.45) is 10.0. The molecule has 2 N–H and O–H groups in total. The highest BCUT2D eigenvalue weighted by atomic mass is 16.5. The fourth-order valence-electron chi connectivity index (χ4n) is 4.39. The van der Waals surface area contributed by atoms with Crippen LogP contribution in [0.1, 0.15) is 63.9 Å². The molecule has 0 aliphatic heterocycles. The Kier molecular flexibility index (Phi) is 8.67. The summed E-state index contributed by atoms with van der Waals surface area (Å²) in [7, 11) is 3.48. The van der Waals surface area contributed by atoms with Gasteiger partial charge in [-0.25, -0.2) is 4.99 Å². The molecule has 0 unspecified atom stereocenters. The summed E-state index contributed by atoms with van der Waals surface area (Å²) in [5.74, 6) is 2.50. The average molecular weight is 418 g/mol. The first-order chi connectivity index (χ1) is 14.7. The van der Waals surface area contributed by atoms with Gasteiger partial charge in [-0.3, -0.25) is 0 Å². The van der Waals surface area contributed by atoms with Crippen LogP contribution in [0.25, 0.3) is 0 Å². The molecule has 0 saturated heterocycles. The molecule has 0 radical (unpaired) electrons. The SMILES string of the molecule is CCNC(=NCc1ccc(OC)c(OC2CCCC2)c1)NCC1(CCOC)CCC1. The molecule has 3 rings (SSSR count). The van der Waals surface area contributed by atoms with E-state index in [1.807, 2.05) is 6.07 Å². The number of hydrogen-bond acceptors (Lipinski definition) is 4. The maximum atomic E-state index is 6.23. The lowest BCUT2D eigenvalue weighted by Gasteiger charge is -2.42. The summed E-state index contributed by atoms with van der Waals surface area (Å²) in [5.41, 5.74) is 1.48. The Labute approximate surface area is 181 Å². The molecule has 2 aliphatic rings. The summed E-state index contributed by atoms with van der Waals surface area (Å²) in [4.78, 5) is 4.82. The maximum absolute atomic E-state index is 6.23. The van der Waals surface area contributed by atoms with Crippen LogP contribution in [0.4, 0.5) is 0 Å². The number of guanidine groups is 1. The normalized spacial score (nSPS) is 18.7. The van der Waals surface area contributed by atoms with Crippen LogP contribution >= 0.6 is 0 Å². The standard InChI is InChI=1S/C24H39N3O3/c1-4-25-23(27-18-24(12-7-13-24)14-15-28-2)26-17-19-10-11-21(29-3)22(16-19)30-20-8-5-6-9-20/h10-11,16,20H,4-9,12-15,17-18H2,1-3H3,(H2,25,26,27). The van der Waals surface area contributed by atoms with Crippen molar-refractivity contribution in [1.82, 2.24) is 10.6 Å². The molecule has 0 bridgehead atoms. The van der Waals surface area contributed by atoms with E-state index in [2.05, 4.69) is 29.7 Å². The second-order valence-electron chi connectivity index (χ2n) is 8.65. The Morgan fingerprint density at radius 1 is 1.10 bits per heavy atom. The smallest absolute Gasteiger partial charge is 0.191 e. The molecular weight excluding hydrogens is 378 g/mol. The molecule has 0 heterocycles. The van der Waals surface area contributed by atoms with Gasteiger partial charge in [0.2, 0.25) is 0 Å². The van der Waals surface area contributed by atoms with Crippen LogP contribution in [0, 0.1) is 5.41 Å². The predicted molar refractivity (Wildman–Crippen MR) is 121 cm³/mol. The van der Waals surface area contributed by atoms with E-state index in [0.717, 1.165) is 62.0 Å². The van der Waals surface area contributed by atoms with Gasteiger partial charge in [0.15, 0.2) is 17.5 Å². The molecular formula is C24H39N3O3. The van der Waals surface area contributed by atoms with E-state index in [4.69, 9.17) is 19.2 Å². The minimum Gasteiger partial charge on any atom is -0.493 e. The van der Waals surface area contributed by atoms with Crippen LogP contribution in [-0.2, 0) is 11.3 Å². The van der Waals surface area contributed by atoms with E-state index in [-0.39, 0.29) is 0 Å². The Morgan fingerprint density at radius 2 is 1.90 bits per heavy atom. The molecule has 6 heteroatoms. The van der Waals surface area contributed by atoms with Crippen LogP contribution in [0.15, 0.2) is 23.2 Å². The monoisotopic (exact) mass is 417 g/mol. The van der Waals surface area contributed by atoms with Crippen LogP contribution in [0.3, 0.4) is 0 Å². The zero-order chi connectivity index (χ0) is 21.2. The van der Waals surface area contributed by atoms with Crippen LogP contribution in [0.5, 0.6) is 11.5 Å². The average Bonchev–Trinajstić information content (AvgIpc) is 3.24. The molecule has 0 aromatic heterocycles. The molecule has 168 valence electrons. The van der Waals surface area contributed by atoms with Crippen molar-refractivity contribution in [2.24, 2.45) is 10.4 Å². The van der Waals surface area contributed by atoms with Gasteiger partial charge in [0.1, 0.15) is 0 Å². The van der Waals surface area contributed by atoms with Crippen molar-refractivity contribution in [1.29, 1.82) is 0 Å².